The molecule has 0 saturated heterocycles. The molecule has 1 fully saturated rings. The molecule has 1 aliphatic carbocycles. The highest BCUT2D eigenvalue weighted by molar-refractivity contribution is 5.99. The zero-order valence-electron chi connectivity index (χ0n) is 18.8. The second kappa shape index (κ2) is 8.79. The standard InChI is InChI=1S/C24H27FN6O2/c1-14(16-4-5-16)30-19-9-21(31-7-6-17-8-15(10-26)11-28-22(17)31)27-12-18(19)23(32)29-13-20(25)24(2,3)33/h6-9,11-12,14,16,20,33H,4-5,13H2,1-3H3,(H,27,30)(H,29,32)/t14-,20-/m1/s1. The summed E-state index contributed by atoms with van der Waals surface area (Å²) in [5.41, 5.74) is 0.449. The van der Waals surface area contributed by atoms with Crippen molar-refractivity contribution < 1.29 is 14.3 Å². The highest BCUT2D eigenvalue weighted by Gasteiger charge is 2.30. The number of hydrogen-bond acceptors (Lipinski definition) is 6. The summed E-state index contributed by atoms with van der Waals surface area (Å²) in [6.45, 7) is 4.48. The maximum atomic E-state index is 14.1. The summed E-state index contributed by atoms with van der Waals surface area (Å²) in [5, 5.41) is 25.7. The van der Waals surface area contributed by atoms with Gasteiger partial charge in [-0.05, 0) is 51.7 Å². The zero-order valence-corrected chi connectivity index (χ0v) is 18.8. The van der Waals surface area contributed by atoms with Gasteiger partial charge in [-0.15, -0.1) is 0 Å². The molecule has 8 nitrogen and oxygen atoms in total. The van der Waals surface area contributed by atoms with Gasteiger partial charge in [0.05, 0.1) is 29.0 Å². The number of rotatable bonds is 8. The SMILES string of the molecule is C[C@@H](Nc1cc(-n2ccc3cc(C#N)cnc32)ncc1C(=O)NC[C@@H](F)C(C)(C)O)C1CC1. The van der Waals surface area contributed by atoms with E-state index in [1.807, 2.05) is 12.3 Å². The Morgan fingerprint density at radius 2 is 2.12 bits per heavy atom. The summed E-state index contributed by atoms with van der Waals surface area (Å²) in [4.78, 5) is 21.7. The summed E-state index contributed by atoms with van der Waals surface area (Å²) in [6.07, 6.45) is 5.44. The van der Waals surface area contributed by atoms with E-state index in [-0.39, 0.29) is 12.6 Å². The average molecular weight is 451 g/mol. The molecule has 1 saturated carbocycles. The number of nitriles is 1. The minimum Gasteiger partial charge on any atom is -0.387 e. The molecular formula is C24H27FN6O2. The first-order valence-electron chi connectivity index (χ1n) is 11.0. The predicted molar refractivity (Wildman–Crippen MR) is 123 cm³/mol. The molecular weight excluding hydrogens is 423 g/mol. The third-order valence-electron chi connectivity index (χ3n) is 5.96. The van der Waals surface area contributed by atoms with Gasteiger partial charge >= 0.3 is 0 Å². The lowest BCUT2D eigenvalue weighted by Gasteiger charge is -2.23. The number of carbonyl (C=O) groups excluding carboxylic acids is 1. The van der Waals surface area contributed by atoms with Gasteiger partial charge in [0, 0.05) is 36.1 Å². The van der Waals surface area contributed by atoms with Crippen molar-refractivity contribution in [3.63, 3.8) is 0 Å². The zero-order chi connectivity index (χ0) is 23.8. The van der Waals surface area contributed by atoms with Crippen LogP contribution in [0.4, 0.5) is 10.1 Å². The molecule has 0 radical (unpaired) electrons. The Morgan fingerprint density at radius 1 is 1.36 bits per heavy atom. The fourth-order valence-corrected chi connectivity index (χ4v) is 3.63. The number of hydrogen-bond donors (Lipinski definition) is 3. The van der Waals surface area contributed by atoms with E-state index in [1.165, 1.54) is 26.2 Å². The molecule has 3 aromatic heterocycles. The van der Waals surface area contributed by atoms with Gasteiger partial charge in [0.25, 0.3) is 5.91 Å². The van der Waals surface area contributed by atoms with Crippen LogP contribution in [0.2, 0.25) is 0 Å². The summed E-state index contributed by atoms with van der Waals surface area (Å²) in [5.74, 6) is 0.631. The van der Waals surface area contributed by atoms with Crippen molar-refractivity contribution in [2.75, 3.05) is 11.9 Å². The lowest BCUT2D eigenvalue weighted by atomic mass is 10.0. The number of anilines is 1. The van der Waals surface area contributed by atoms with Crippen LogP contribution >= 0.6 is 0 Å². The van der Waals surface area contributed by atoms with Gasteiger partial charge in [-0.25, -0.2) is 14.4 Å². The molecule has 2 atom stereocenters. The van der Waals surface area contributed by atoms with Gasteiger partial charge in [0.15, 0.2) is 0 Å². The number of aromatic nitrogens is 3. The number of carbonyl (C=O) groups is 1. The van der Waals surface area contributed by atoms with Crippen LogP contribution in [-0.2, 0) is 0 Å². The quantitative estimate of drug-likeness (QED) is 0.485. The molecule has 9 heteroatoms. The van der Waals surface area contributed by atoms with Gasteiger partial charge in [-0.1, -0.05) is 0 Å². The number of halogens is 1. The van der Waals surface area contributed by atoms with E-state index < -0.39 is 17.7 Å². The van der Waals surface area contributed by atoms with Crippen molar-refractivity contribution in [2.45, 2.75) is 51.4 Å². The molecule has 0 aromatic carbocycles. The van der Waals surface area contributed by atoms with Crippen LogP contribution in [0.3, 0.4) is 0 Å². The van der Waals surface area contributed by atoms with Crippen molar-refractivity contribution in [3.05, 3.63) is 47.9 Å². The average Bonchev–Trinajstić information content (AvgIpc) is 3.55. The molecule has 33 heavy (non-hydrogen) atoms. The van der Waals surface area contributed by atoms with E-state index in [0.717, 1.165) is 18.2 Å². The summed E-state index contributed by atoms with van der Waals surface area (Å²) in [7, 11) is 0. The second-order valence-corrected chi connectivity index (χ2v) is 9.12. The smallest absolute Gasteiger partial charge is 0.255 e. The number of aliphatic hydroxyl groups is 1. The number of nitrogens with one attached hydrogen (secondary N) is 2. The molecule has 1 amide bonds. The van der Waals surface area contributed by atoms with Crippen LogP contribution < -0.4 is 10.6 Å². The third kappa shape index (κ3) is 4.96. The number of fused-ring (bicyclic) bond motifs is 1. The first-order valence-corrected chi connectivity index (χ1v) is 11.0. The normalized spacial score (nSPS) is 15.6. The van der Waals surface area contributed by atoms with E-state index in [2.05, 4.69) is 33.6 Å². The van der Waals surface area contributed by atoms with Gasteiger partial charge in [0.2, 0.25) is 0 Å². The molecule has 0 bridgehead atoms. The van der Waals surface area contributed by atoms with Gasteiger partial charge in [-0.3, -0.25) is 9.36 Å². The van der Waals surface area contributed by atoms with Crippen LogP contribution in [-0.4, -0.2) is 49.9 Å². The lowest BCUT2D eigenvalue weighted by molar-refractivity contribution is -0.00177. The molecule has 0 spiro atoms. The third-order valence-corrected chi connectivity index (χ3v) is 5.96. The number of amides is 1. The Labute approximate surface area is 191 Å². The Morgan fingerprint density at radius 3 is 2.79 bits per heavy atom. The molecule has 4 rings (SSSR count). The first kappa shape index (κ1) is 22.7. The van der Waals surface area contributed by atoms with E-state index in [1.54, 1.807) is 16.7 Å². The summed E-state index contributed by atoms with van der Waals surface area (Å²) >= 11 is 0. The Kier molecular flexibility index (Phi) is 6.04. The number of pyridine rings is 2. The molecule has 1 aliphatic rings. The minimum atomic E-state index is -1.61. The van der Waals surface area contributed by atoms with Crippen molar-refractivity contribution >= 4 is 22.6 Å². The fraction of sp³-hybridized carbons (Fsp3) is 0.417. The number of alkyl halides is 1. The molecule has 172 valence electrons. The van der Waals surface area contributed by atoms with Crippen LogP contribution in [0.1, 0.15) is 49.5 Å². The predicted octanol–water partition coefficient (Wildman–Crippen LogP) is 3.34. The molecule has 0 aliphatic heterocycles. The molecule has 3 N–H and O–H groups in total. The van der Waals surface area contributed by atoms with Crippen molar-refractivity contribution in [2.24, 2.45) is 5.92 Å². The highest BCUT2D eigenvalue weighted by atomic mass is 19.1. The fourth-order valence-electron chi connectivity index (χ4n) is 3.63. The van der Waals surface area contributed by atoms with Crippen molar-refractivity contribution in [1.82, 2.24) is 19.9 Å². The van der Waals surface area contributed by atoms with Crippen LogP contribution in [0.15, 0.2) is 36.8 Å². The molecule has 3 aromatic rings. The highest BCUT2D eigenvalue weighted by Crippen LogP contribution is 2.35. The van der Waals surface area contributed by atoms with Gasteiger partial charge < -0.3 is 15.7 Å². The summed E-state index contributed by atoms with van der Waals surface area (Å²) < 4.78 is 15.9. The Hall–Kier alpha value is -3.51. The van der Waals surface area contributed by atoms with Crippen molar-refractivity contribution in [3.8, 4) is 11.9 Å². The minimum absolute atomic E-state index is 0.162. The first-order chi connectivity index (χ1) is 15.7. The maximum Gasteiger partial charge on any atom is 0.255 e. The van der Waals surface area contributed by atoms with E-state index >= 15 is 0 Å². The van der Waals surface area contributed by atoms with Crippen LogP contribution in [0.5, 0.6) is 0 Å². The Bertz CT molecular complexity index is 1220. The molecule has 3 heterocycles. The maximum absolute atomic E-state index is 14.1. The summed E-state index contributed by atoms with van der Waals surface area (Å²) in [6, 6.07) is 7.62. The molecule has 0 unspecified atom stereocenters. The van der Waals surface area contributed by atoms with Gasteiger partial charge in [-0.2, -0.15) is 5.26 Å². The van der Waals surface area contributed by atoms with Crippen molar-refractivity contribution in [1.29, 1.82) is 5.26 Å². The monoisotopic (exact) mass is 450 g/mol. The topological polar surface area (TPSA) is 116 Å². The van der Waals surface area contributed by atoms with Crippen LogP contribution in [0.25, 0.3) is 16.9 Å². The van der Waals surface area contributed by atoms with E-state index in [0.29, 0.717) is 34.2 Å². The van der Waals surface area contributed by atoms with Gasteiger partial charge in [0.1, 0.15) is 23.7 Å². The lowest BCUT2D eigenvalue weighted by Crippen LogP contribution is -2.42. The number of nitrogens with zero attached hydrogens (tertiary/aromatic N) is 4. The Balaban J connectivity index is 1.65. The van der Waals surface area contributed by atoms with E-state index in [9.17, 15) is 14.3 Å². The van der Waals surface area contributed by atoms with E-state index in [4.69, 9.17) is 5.26 Å². The second-order valence-electron chi connectivity index (χ2n) is 9.12. The largest absolute Gasteiger partial charge is 0.387 e. The van der Waals surface area contributed by atoms with Crippen LogP contribution in [0, 0.1) is 17.2 Å².